The predicted molar refractivity (Wildman–Crippen MR) is 68.4 cm³/mol. The van der Waals surface area contributed by atoms with Crippen molar-refractivity contribution in [2.75, 3.05) is 6.54 Å². The molecule has 1 aromatic carbocycles. The van der Waals surface area contributed by atoms with Crippen molar-refractivity contribution in [3.63, 3.8) is 0 Å². The maximum absolute atomic E-state index is 11.6. The molecule has 0 aliphatic carbocycles. The van der Waals surface area contributed by atoms with Crippen LogP contribution in [0.15, 0.2) is 30.3 Å². The zero-order valence-electron chi connectivity index (χ0n) is 9.23. The molecule has 0 spiro atoms. The summed E-state index contributed by atoms with van der Waals surface area (Å²) in [5, 5.41) is 11.4. The summed E-state index contributed by atoms with van der Waals surface area (Å²) in [6.07, 6.45) is 1.12. The molecule has 0 radical (unpaired) electrons. The average molecular weight is 300 g/mol. The zero-order chi connectivity index (χ0) is 12.7. The Kier molecular flexibility index (Phi) is 5.69. The Balaban J connectivity index is 2.24. The van der Waals surface area contributed by atoms with Crippen molar-refractivity contribution in [3.8, 4) is 0 Å². The fraction of sp³-hybridized carbons (Fsp3) is 0.333. The van der Waals surface area contributed by atoms with Gasteiger partial charge in [0.2, 0.25) is 0 Å². The van der Waals surface area contributed by atoms with Crippen LogP contribution >= 0.6 is 15.9 Å². The van der Waals surface area contributed by atoms with Gasteiger partial charge in [-0.3, -0.25) is 9.59 Å². The smallest absolute Gasteiger partial charge is 0.317 e. The van der Waals surface area contributed by atoms with Gasteiger partial charge in [0.1, 0.15) is 4.83 Å². The van der Waals surface area contributed by atoms with Gasteiger partial charge in [0.15, 0.2) is 0 Å². The van der Waals surface area contributed by atoms with Gasteiger partial charge in [-0.2, -0.15) is 0 Å². The molecule has 2 N–H and O–H groups in total. The van der Waals surface area contributed by atoms with E-state index in [1.165, 1.54) is 0 Å². The van der Waals surface area contributed by atoms with E-state index >= 15 is 0 Å². The molecule has 1 atom stereocenters. The summed E-state index contributed by atoms with van der Waals surface area (Å²) in [4.78, 5) is 21.6. The molecule has 0 bridgehead atoms. The number of amides is 1. The number of aliphatic carboxylic acids is 1. The van der Waals surface area contributed by atoms with Gasteiger partial charge in [-0.25, -0.2) is 0 Å². The Morgan fingerprint density at radius 2 is 1.94 bits per heavy atom. The topological polar surface area (TPSA) is 66.4 Å². The highest BCUT2D eigenvalue weighted by atomic mass is 79.9. The second-order valence-electron chi connectivity index (χ2n) is 3.57. The van der Waals surface area contributed by atoms with Crippen LogP contribution in [0.4, 0.5) is 0 Å². The van der Waals surface area contributed by atoms with Gasteiger partial charge in [0, 0.05) is 12.1 Å². The molecular weight excluding hydrogens is 286 g/mol. The molecule has 0 saturated heterocycles. The van der Waals surface area contributed by atoms with E-state index in [9.17, 15) is 9.59 Å². The first kappa shape index (κ1) is 13.7. The minimum Gasteiger partial charge on any atom is -0.480 e. The van der Waals surface area contributed by atoms with Gasteiger partial charge >= 0.3 is 5.97 Å². The lowest BCUT2D eigenvalue weighted by Crippen LogP contribution is -2.25. The highest BCUT2D eigenvalue weighted by Crippen LogP contribution is 2.07. The summed E-state index contributed by atoms with van der Waals surface area (Å²) in [6, 6.07) is 8.92. The SMILES string of the molecule is O=C(NCCCC(Br)C(=O)O)c1ccccc1. The van der Waals surface area contributed by atoms with E-state index in [-0.39, 0.29) is 5.91 Å². The van der Waals surface area contributed by atoms with Crippen molar-refractivity contribution >= 4 is 27.8 Å². The molecule has 0 heterocycles. The molecule has 0 fully saturated rings. The van der Waals surface area contributed by atoms with E-state index in [2.05, 4.69) is 21.2 Å². The summed E-state index contributed by atoms with van der Waals surface area (Å²) in [7, 11) is 0. The molecule has 0 aromatic heterocycles. The molecule has 1 aromatic rings. The largest absolute Gasteiger partial charge is 0.480 e. The number of hydrogen-bond acceptors (Lipinski definition) is 2. The quantitative estimate of drug-likeness (QED) is 0.624. The number of halogens is 1. The standard InChI is InChI=1S/C12H14BrNO3/c13-10(12(16)17)7-4-8-14-11(15)9-5-2-1-3-6-9/h1-3,5-6,10H,4,7-8H2,(H,14,15)(H,16,17). The summed E-state index contributed by atoms with van der Waals surface area (Å²) in [5.41, 5.74) is 0.612. The van der Waals surface area contributed by atoms with Crippen LogP contribution in [0.25, 0.3) is 0 Å². The number of benzene rings is 1. The number of nitrogens with one attached hydrogen (secondary N) is 1. The molecule has 1 rings (SSSR count). The van der Waals surface area contributed by atoms with Crippen molar-refractivity contribution in [2.45, 2.75) is 17.7 Å². The van der Waals surface area contributed by atoms with Crippen LogP contribution in [0, 0.1) is 0 Å². The minimum absolute atomic E-state index is 0.132. The molecular formula is C12H14BrNO3. The van der Waals surface area contributed by atoms with Crippen molar-refractivity contribution < 1.29 is 14.7 Å². The van der Waals surface area contributed by atoms with Crippen molar-refractivity contribution in [1.29, 1.82) is 0 Å². The van der Waals surface area contributed by atoms with E-state index in [1.54, 1.807) is 24.3 Å². The summed E-state index contributed by atoms with van der Waals surface area (Å²) in [6.45, 7) is 0.475. The average Bonchev–Trinajstić information content (AvgIpc) is 2.35. The first-order chi connectivity index (χ1) is 8.11. The second kappa shape index (κ2) is 7.06. The van der Waals surface area contributed by atoms with E-state index in [1.807, 2.05) is 6.07 Å². The lowest BCUT2D eigenvalue weighted by molar-refractivity contribution is -0.136. The molecule has 0 saturated carbocycles. The van der Waals surface area contributed by atoms with E-state index in [0.29, 0.717) is 24.9 Å². The Hall–Kier alpha value is -1.36. The van der Waals surface area contributed by atoms with Crippen LogP contribution in [0.1, 0.15) is 23.2 Å². The molecule has 1 unspecified atom stereocenters. The third-order valence-electron chi connectivity index (χ3n) is 2.22. The number of carboxylic acids is 1. The summed E-state index contributed by atoms with van der Waals surface area (Å²) >= 11 is 3.04. The van der Waals surface area contributed by atoms with Gasteiger partial charge in [-0.05, 0) is 25.0 Å². The number of carbonyl (C=O) groups excluding carboxylic acids is 1. The molecule has 1 amide bonds. The van der Waals surface area contributed by atoms with E-state index < -0.39 is 10.8 Å². The molecule has 92 valence electrons. The lowest BCUT2D eigenvalue weighted by Gasteiger charge is -2.06. The van der Waals surface area contributed by atoms with E-state index in [0.717, 1.165) is 0 Å². The third kappa shape index (κ3) is 4.99. The Labute approximate surface area is 108 Å². The maximum Gasteiger partial charge on any atom is 0.317 e. The molecule has 5 heteroatoms. The van der Waals surface area contributed by atoms with Crippen LogP contribution in [-0.2, 0) is 4.79 Å². The lowest BCUT2D eigenvalue weighted by atomic mass is 10.2. The van der Waals surface area contributed by atoms with Gasteiger partial charge in [0.05, 0.1) is 0 Å². The van der Waals surface area contributed by atoms with Crippen molar-refractivity contribution in [2.24, 2.45) is 0 Å². The van der Waals surface area contributed by atoms with Crippen LogP contribution in [0.5, 0.6) is 0 Å². The molecule has 4 nitrogen and oxygen atoms in total. The second-order valence-corrected chi connectivity index (χ2v) is 4.68. The fourth-order valence-electron chi connectivity index (χ4n) is 1.30. The zero-order valence-corrected chi connectivity index (χ0v) is 10.8. The Bertz CT molecular complexity index is 381. The fourth-order valence-corrected chi connectivity index (χ4v) is 1.62. The number of alkyl halides is 1. The number of carboxylic acid groups (broad SMARTS) is 1. The molecule has 0 aliphatic heterocycles. The third-order valence-corrected chi connectivity index (χ3v) is 3.07. The maximum atomic E-state index is 11.6. The van der Waals surface area contributed by atoms with E-state index in [4.69, 9.17) is 5.11 Å². The number of hydrogen-bond donors (Lipinski definition) is 2. The highest BCUT2D eigenvalue weighted by Gasteiger charge is 2.12. The van der Waals surface area contributed by atoms with Crippen LogP contribution < -0.4 is 5.32 Å². The molecule has 0 aliphatic rings. The van der Waals surface area contributed by atoms with Crippen LogP contribution in [0.3, 0.4) is 0 Å². The van der Waals surface area contributed by atoms with Crippen LogP contribution in [0.2, 0.25) is 0 Å². The molecule has 17 heavy (non-hydrogen) atoms. The van der Waals surface area contributed by atoms with Gasteiger partial charge < -0.3 is 10.4 Å². The number of rotatable bonds is 6. The predicted octanol–water partition coefficient (Wildman–Crippen LogP) is 2.04. The first-order valence-electron chi connectivity index (χ1n) is 5.31. The summed E-state index contributed by atoms with van der Waals surface area (Å²) in [5.74, 6) is -1.01. The van der Waals surface area contributed by atoms with Gasteiger partial charge in [-0.15, -0.1) is 0 Å². The highest BCUT2D eigenvalue weighted by molar-refractivity contribution is 9.10. The van der Waals surface area contributed by atoms with Crippen molar-refractivity contribution in [3.05, 3.63) is 35.9 Å². The van der Waals surface area contributed by atoms with Crippen molar-refractivity contribution in [1.82, 2.24) is 5.32 Å². The summed E-state index contributed by atoms with van der Waals surface area (Å²) < 4.78 is 0. The normalized spacial score (nSPS) is 11.8. The minimum atomic E-state index is -0.876. The monoisotopic (exact) mass is 299 g/mol. The first-order valence-corrected chi connectivity index (χ1v) is 6.23. The Morgan fingerprint density at radius 3 is 2.53 bits per heavy atom. The number of carbonyl (C=O) groups is 2. The van der Waals surface area contributed by atoms with Gasteiger partial charge in [0.25, 0.3) is 5.91 Å². The van der Waals surface area contributed by atoms with Gasteiger partial charge in [-0.1, -0.05) is 34.1 Å². The Morgan fingerprint density at radius 1 is 1.29 bits per heavy atom. The van der Waals surface area contributed by atoms with Crippen LogP contribution in [-0.4, -0.2) is 28.4 Å².